The fraction of sp³-hybridized carbons (Fsp3) is 0.250. The Hall–Kier alpha value is -2.41. The van der Waals surface area contributed by atoms with Gasteiger partial charge < -0.3 is 11.5 Å². The highest BCUT2D eigenvalue weighted by Gasteiger charge is 2.19. The van der Waals surface area contributed by atoms with Crippen molar-refractivity contribution in [1.29, 1.82) is 0 Å². The van der Waals surface area contributed by atoms with Crippen LogP contribution in [0.1, 0.15) is 23.2 Å². The Balaban J connectivity index is 2.38. The third-order valence-electron chi connectivity index (χ3n) is 2.21. The van der Waals surface area contributed by atoms with Crippen molar-refractivity contribution in [1.82, 2.24) is 0 Å². The Morgan fingerprint density at radius 3 is 2.32 bits per heavy atom. The quantitative estimate of drug-likeness (QED) is 0.566. The maximum Gasteiger partial charge on any atom is 0.386 e. The van der Waals surface area contributed by atoms with Gasteiger partial charge in [-0.25, -0.2) is 19.4 Å². The topological polar surface area (TPSA) is 122 Å². The summed E-state index contributed by atoms with van der Waals surface area (Å²) in [6, 6.07) is 6.93. The first-order chi connectivity index (χ1) is 9.00. The molecule has 4 N–H and O–H groups in total. The van der Waals surface area contributed by atoms with Gasteiger partial charge in [-0.2, -0.15) is 0 Å². The van der Waals surface area contributed by atoms with Gasteiger partial charge >= 0.3 is 11.9 Å². The molecule has 1 aromatic rings. The van der Waals surface area contributed by atoms with Gasteiger partial charge in [0.1, 0.15) is 6.04 Å². The maximum atomic E-state index is 11.4. The van der Waals surface area contributed by atoms with Crippen molar-refractivity contribution in [3.05, 3.63) is 35.9 Å². The smallest absolute Gasteiger partial charge is 0.370 e. The van der Waals surface area contributed by atoms with Crippen LogP contribution < -0.4 is 11.5 Å². The van der Waals surface area contributed by atoms with E-state index >= 15 is 0 Å². The third-order valence-corrected chi connectivity index (χ3v) is 2.21. The predicted octanol–water partition coefficient (Wildman–Crippen LogP) is -0.106. The molecule has 1 atom stereocenters. The van der Waals surface area contributed by atoms with E-state index in [1.165, 1.54) is 12.1 Å². The molecule has 0 saturated heterocycles. The van der Waals surface area contributed by atoms with Crippen molar-refractivity contribution in [3.8, 4) is 0 Å². The minimum absolute atomic E-state index is 0.0249. The van der Waals surface area contributed by atoms with E-state index in [0.29, 0.717) is 0 Å². The molecule has 7 heteroatoms. The third kappa shape index (κ3) is 5.17. The molecule has 0 aromatic heterocycles. The first-order valence-corrected chi connectivity index (χ1v) is 5.52. The zero-order valence-corrected chi connectivity index (χ0v) is 10.1. The van der Waals surface area contributed by atoms with Gasteiger partial charge in [0.15, 0.2) is 0 Å². The minimum atomic E-state index is -1.07. The molecule has 0 aliphatic carbocycles. The Bertz CT molecular complexity index is 460. The molecular weight excluding hydrogens is 252 g/mol. The van der Waals surface area contributed by atoms with Gasteiger partial charge in [0.2, 0.25) is 5.91 Å². The molecule has 1 amide bonds. The van der Waals surface area contributed by atoms with Gasteiger partial charge in [0.25, 0.3) is 0 Å². The monoisotopic (exact) mass is 266 g/mol. The second-order valence-electron chi connectivity index (χ2n) is 3.75. The molecular formula is C12H14N2O5. The zero-order valence-electron chi connectivity index (χ0n) is 10.1. The van der Waals surface area contributed by atoms with E-state index in [9.17, 15) is 14.4 Å². The van der Waals surface area contributed by atoms with Crippen LogP contribution in [0.15, 0.2) is 30.3 Å². The predicted molar refractivity (Wildman–Crippen MR) is 64.4 cm³/mol. The van der Waals surface area contributed by atoms with Crippen molar-refractivity contribution in [2.24, 2.45) is 11.5 Å². The van der Waals surface area contributed by atoms with Gasteiger partial charge in [0.05, 0.1) is 5.56 Å². The van der Waals surface area contributed by atoms with Crippen LogP contribution in [0.4, 0.5) is 0 Å². The molecule has 0 aliphatic rings. The number of primary amides is 1. The Morgan fingerprint density at radius 2 is 1.74 bits per heavy atom. The van der Waals surface area contributed by atoms with Crippen molar-refractivity contribution < 1.29 is 24.2 Å². The summed E-state index contributed by atoms with van der Waals surface area (Å²) in [6.07, 6.45) is -0.0278. The first kappa shape index (κ1) is 14.7. The van der Waals surface area contributed by atoms with Gasteiger partial charge in [0, 0.05) is 6.42 Å². The van der Waals surface area contributed by atoms with E-state index in [-0.39, 0.29) is 18.4 Å². The Labute approximate surface area is 109 Å². The number of hydrogen-bond acceptors (Lipinski definition) is 6. The van der Waals surface area contributed by atoms with Crippen molar-refractivity contribution in [2.45, 2.75) is 18.9 Å². The largest absolute Gasteiger partial charge is 0.386 e. The summed E-state index contributed by atoms with van der Waals surface area (Å²) >= 11 is 0. The second-order valence-corrected chi connectivity index (χ2v) is 3.75. The van der Waals surface area contributed by atoms with Gasteiger partial charge in [-0.15, -0.1) is 0 Å². The first-order valence-electron chi connectivity index (χ1n) is 5.52. The van der Waals surface area contributed by atoms with Gasteiger partial charge in [-0.05, 0) is 18.6 Å². The highest BCUT2D eigenvalue weighted by Crippen LogP contribution is 2.03. The minimum Gasteiger partial charge on any atom is -0.370 e. The molecule has 0 saturated carbocycles. The van der Waals surface area contributed by atoms with Crippen LogP contribution in [0.25, 0.3) is 0 Å². The number of rotatable bonds is 5. The summed E-state index contributed by atoms with van der Waals surface area (Å²) in [7, 11) is 0. The van der Waals surface area contributed by atoms with E-state index in [1.54, 1.807) is 18.2 Å². The second kappa shape index (κ2) is 7.12. The lowest BCUT2D eigenvalue weighted by molar-refractivity contribution is -0.235. The number of carbonyl (C=O) groups excluding carboxylic acids is 3. The summed E-state index contributed by atoms with van der Waals surface area (Å²) in [6.45, 7) is 0. The van der Waals surface area contributed by atoms with Crippen molar-refractivity contribution in [3.63, 3.8) is 0 Å². The van der Waals surface area contributed by atoms with Crippen LogP contribution >= 0.6 is 0 Å². The summed E-state index contributed by atoms with van der Waals surface area (Å²) in [5.41, 5.74) is 10.6. The van der Waals surface area contributed by atoms with Crippen LogP contribution in [0.2, 0.25) is 0 Å². The molecule has 0 bridgehead atoms. The normalized spacial score (nSPS) is 11.4. The molecule has 0 aliphatic heterocycles. The summed E-state index contributed by atoms with van der Waals surface area (Å²) in [4.78, 5) is 41.9. The van der Waals surface area contributed by atoms with Crippen molar-refractivity contribution in [2.75, 3.05) is 0 Å². The van der Waals surface area contributed by atoms with Crippen LogP contribution in [-0.4, -0.2) is 23.9 Å². The lowest BCUT2D eigenvalue weighted by Crippen LogP contribution is -2.34. The van der Waals surface area contributed by atoms with Crippen molar-refractivity contribution >= 4 is 17.8 Å². The summed E-state index contributed by atoms with van der Waals surface area (Å²) < 4.78 is 0. The maximum absolute atomic E-state index is 11.4. The average molecular weight is 266 g/mol. The van der Waals surface area contributed by atoms with Crippen LogP contribution in [0.3, 0.4) is 0 Å². The van der Waals surface area contributed by atoms with Crippen LogP contribution in [0, 0.1) is 0 Å². The molecule has 7 nitrogen and oxygen atoms in total. The van der Waals surface area contributed by atoms with Crippen LogP contribution in [-0.2, 0) is 19.4 Å². The molecule has 102 valence electrons. The SMILES string of the molecule is NC(=O)CCC(N)C(=O)OOC(=O)c1ccccc1. The standard InChI is InChI=1S/C12H14N2O5/c13-9(6-7-10(14)15)12(17)19-18-11(16)8-4-2-1-3-5-8/h1-5,9H,6-7,13H2,(H2,14,15). The lowest BCUT2D eigenvalue weighted by atomic mass is 10.2. The van der Waals surface area contributed by atoms with E-state index in [1.807, 2.05) is 0 Å². The highest BCUT2D eigenvalue weighted by atomic mass is 17.2. The molecule has 0 fully saturated rings. The molecule has 1 rings (SSSR count). The molecule has 0 heterocycles. The number of carbonyl (C=O) groups is 3. The Kier molecular flexibility index (Phi) is 5.49. The number of benzene rings is 1. The summed E-state index contributed by atoms with van der Waals surface area (Å²) in [5, 5.41) is 0. The van der Waals surface area contributed by atoms with E-state index in [2.05, 4.69) is 9.78 Å². The van der Waals surface area contributed by atoms with Gasteiger partial charge in [-0.1, -0.05) is 18.2 Å². The van der Waals surface area contributed by atoms with Crippen LogP contribution in [0.5, 0.6) is 0 Å². The number of hydrogen-bond donors (Lipinski definition) is 2. The number of nitrogens with two attached hydrogens (primary N) is 2. The molecule has 19 heavy (non-hydrogen) atoms. The lowest BCUT2D eigenvalue weighted by Gasteiger charge is -2.08. The fourth-order valence-corrected chi connectivity index (χ4v) is 1.18. The average Bonchev–Trinajstić information content (AvgIpc) is 2.42. The number of amides is 1. The Morgan fingerprint density at radius 1 is 1.11 bits per heavy atom. The molecule has 1 unspecified atom stereocenters. The molecule has 0 radical (unpaired) electrons. The van der Waals surface area contributed by atoms with E-state index in [0.717, 1.165) is 0 Å². The van der Waals surface area contributed by atoms with Gasteiger partial charge in [-0.3, -0.25) is 4.79 Å². The molecule has 0 spiro atoms. The van der Waals surface area contributed by atoms with E-state index in [4.69, 9.17) is 11.5 Å². The summed E-state index contributed by atoms with van der Waals surface area (Å²) in [5.74, 6) is -2.33. The zero-order chi connectivity index (χ0) is 14.3. The highest BCUT2D eigenvalue weighted by molar-refractivity contribution is 5.89. The molecule has 1 aromatic carbocycles. The fourth-order valence-electron chi connectivity index (χ4n) is 1.18. The van der Waals surface area contributed by atoms with E-state index < -0.39 is 23.9 Å².